The topological polar surface area (TPSA) is 43.1 Å². The lowest BCUT2D eigenvalue weighted by atomic mass is 9.94. The number of nitrogens with two attached hydrogens (primary N) is 1. The van der Waals surface area contributed by atoms with Gasteiger partial charge in [0.25, 0.3) is 0 Å². The number of rotatable bonds is 3. The monoisotopic (exact) mass is 427 g/mol. The van der Waals surface area contributed by atoms with Crippen molar-refractivity contribution in [3.63, 3.8) is 0 Å². The Balaban J connectivity index is 1.98. The number of anilines is 1. The summed E-state index contributed by atoms with van der Waals surface area (Å²) in [5.74, 6) is 0. The molecule has 2 nitrogen and oxygen atoms in total. The van der Waals surface area contributed by atoms with Crippen LogP contribution in [0.3, 0.4) is 0 Å². The highest BCUT2D eigenvalue weighted by atomic mass is 35.5. The van der Waals surface area contributed by atoms with E-state index in [1.165, 1.54) is 0 Å². The molecule has 0 saturated carbocycles. The number of nitrogen functional groups attached to an aromatic ring is 1. The molecule has 0 aliphatic carbocycles. The van der Waals surface area contributed by atoms with E-state index in [0.29, 0.717) is 10.7 Å². The highest BCUT2D eigenvalue weighted by Crippen LogP contribution is 2.66. The standard InChI is InChI=1S/C26H19ClNOP/c27-22-15-7-4-12-19(22)26-25(20-13-5-8-16-23(20)28)21-14-6-9-17-24(21)30(26,29)18-10-2-1-3-11-18/h1-17H,28H2. The van der Waals surface area contributed by atoms with Crippen molar-refractivity contribution in [2.45, 2.75) is 0 Å². The molecule has 146 valence electrons. The maximum absolute atomic E-state index is 15.1. The number of hydrogen-bond acceptors (Lipinski definition) is 2. The first-order valence-electron chi connectivity index (χ1n) is 9.72. The van der Waals surface area contributed by atoms with Gasteiger partial charge in [0.15, 0.2) is 7.14 Å². The molecule has 30 heavy (non-hydrogen) atoms. The summed E-state index contributed by atoms with van der Waals surface area (Å²) in [5, 5.41) is 2.93. The maximum atomic E-state index is 15.1. The smallest absolute Gasteiger partial charge is 0.172 e. The number of benzene rings is 4. The van der Waals surface area contributed by atoms with Crippen molar-refractivity contribution in [1.82, 2.24) is 0 Å². The van der Waals surface area contributed by atoms with Gasteiger partial charge in [0.2, 0.25) is 0 Å². The van der Waals surface area contributed by atoms with Crippen LogP contribution in [0.4, 0.5) is 5.69 Å². The van der Waals surface area contributed by atoms with Crippen molar-refractivity contribution >= 4 is 45.9 Å². The molecule has 4 aromatic carbocycles. The van der Waals surface area contributed by atoms with Gasteiger partial charge in [0.1, 0.15) is 0 Å². The molecule has 0 fully saturated rings. The van der Waals surface area contributed by atoms with Crippen LogP contribution >= 0.6 is 18.7 Å². The van der Waals surface area contributed by atoms with E-state index in [0.717, 1.165) is 38.2 Å². The van der Waals surface area contributed by atoms with Gasteiger partial charge in [-0.1, -0.05) is 103 Å². The van der Waals surface area contributed by atoms with Crippen LogP contribution in [-0.2, 0) is 4.57 Å². The van der Waals surface area contributed by atoms with Gasteiger partial charge in [-0.15, -0.1) is 0 Å². The minimum absolute atomic E-state index is 0.573. The lowest BCUT2D eigenvalue weighted by molar-refractivity contribution is 0.593. The maximum Gasteiger partial charge on any atom is 0.172 e. The van der Waals surface area contributed by atoms with E-state index < -0.39 is 7.14 Å². The Bertz CT molecular complexity index is 1340. The zero-order valence-electron chi connectivity index (χ0n) is 16.1. The number of halogens is 1. The molecule has 0 radical (unpaired) electrons. The van der Waals surface area contributed by atoms with Crippen LogP contribution in [0.5, 0.6) is 0 Å². The number of fused-ring (bicyclic) bond motifs is 1. The molecular weight excluding hydrogens is 409 g/mol. The zero-order valence-corrected chi connectivity index (χ0v) is 17.8. The number of para-hydroxylation sites is 1. The molecule has 0 spiro atoms. The molecule has 0 bridgehead atoms. The molecule has 0 amide bonds. The van der Waals surface area contributed by atoms with Gasteiger partial charge in [-0.3, -0.25) is 0 Å². The molecule has 1 heterocycles. The third-order valence-electron chi connectivity index (χ3n) is 5.54. The molecule has 1 aliphatic rings. The lowest BCUT2D eigenvalue weighted by Crippen LogP contribution is -2.15. The Morgan fingerprint density at radius 3 is 1.90 bits per heavy atom. The summed E-state index contributed by atoms with van der Waals surface area (Å²) in [6.07, 6.45) is 0. The second-order valence-electron chi connectivity index (χ2n) is 7.25. The average Bonchev–Trinajstić information content (AvgIpc) is 3.05. The first-order chi connectivity index (χ1) is 14.6. The molecule has 1 aliphatic heterocycles. The minimum atomic E-state index is -3.17. The van der Waals surface area contributed by atoms with E-state index in [1.54, 1.807) is 0 Å². The van der Waals surface area contributed by atoms with Crippen molar-refractivity contribution in [2.75, 3.05) is 5.73 Å². The summed E-state index contributed by atoms with van der Waals surface area (Å²) < 4.78 is 15.1. The summed E-state index contributed by atoms with van der Waals surface area (Å²) in [5.41, 5.74) is 10.5. The summed E-state index contributed by atoms with van der Waals surface area (Å²) in [4.78, 5) is 0. The van der Waals surface area contributed by atoms with E-state index in [4.69, 9.17) is 17.3 Å². The molecule has 5 rings (SSSR count). The fraction of sp³-hybridized carbons (Fsp3) is 0. The Morgan fingerprint density at radius 1 is 0.633 bits per heavy atom. The average molecular weight is 428 g/mol. The van der Waals surface area contributed by atoms with Crippen LogP contribution in [0.2, 0.25) is 5.02 Å². The second-order valence-corrected chi connectivity index (χ2v) is 10.3. The van der Waals surface area contributed by atoms with E-state index in [-0.39, 0.29) is 0 Å². The van der Waals surface area contributed by atoms with E-state index in [2.05, 4.69) is 0 Å². The van der Waals surface area contributed by atoms with Crippen LogP contribution in [-0.4, -0.2) is 0 Å². The Morgan fingerprint density at radius 2 is 1.20 bits per heavy atom. The second kappa shape index (κ2) is 7.32. The lowest BCUT2D eigenvalue weighted by Gasteiger charge is -2.20. The zero-order chi connectivity index (χ0) is 20.7. The Labute approximate surface area is 181 Å². The van der Waals surface area contributed by atoms with Gasteiger partial charge < -0.3 is 10.3 Å². The van der Waals surface area contributed by atoms with E-state index in [9.17, 15) is 0 Å². The minimum Gasteiger partial charge on any atom is -0.398 e. The molecule has 2 N–H and O–H groups in total. The van der Waals surface area contributed by atoms with Gasteiger partial charge >= 0.3 is 0 Å². The van der Waals surface area contributed by atoms with Gasteiger partial charge in [0, 0.05) is 43.3 Å². The van der Waals surface area contributed by atoms with Gasteiger partial charge in [0.05, 0.1) is 0 Å². The number of hydrogen-bond donors (Lipinski definition) is 1. The summed E-state index contributed by atoms with van der Waals surface area (Å²) in [6.45, 7) is 0. The third-order valence-corrected chi connectivity index (χ3v) is 9.06. The Kier molecular flexibility index (Phi) is 4.62. The van der Waals surface area contributed by atoms with Crippen molar-refractivity contribution in [2.24, 2.45) is 0 Å². The largest absolute Gasteiger partial charge is 0.398 e. The van der Waals surface area contributed by atoms with Crippen LogP contribution in [0, 0.1) is 0 Å². The summed E-state index contributed by atoms with van der Waals surface area (Å²) in [7, 11) is -3.17. The van der Waals surface area contributed by atoms with Crippen LogP contribution in [0.1, 0.15) is 16.7 Å². The molecule has 4 aromatic rings. The normalized spacial score (nSPS) is 17.8. The first-order valence-corrected chi connectivity index (χ1v) is 11.8. The van der Waals surface area contributed by atoms with Crippen molar-refractivity contribution in [3.8, 4) is 0 Å². The van der Waals surface area contributed by atoms with Crippen LogP contribution < -0.4 is 16.3 Å². The van der Waals surface area contributed by atoms with Crippen molar-refractivity contribution in [1.29, 1.82) is 0 Å². The molecule has 1 atom stereocenters. The predicted octanol–water partition coefficient (Wildman–Crippen LogP) is 6.17. The fourth-order valence-corrected chi connectivity index (χ4v) is 7.80. The molecule has 1 unspecified atom stereocenters. The third kappa shape index (κ3) is 2.76. The van der Waals surface area contributed by atoms with Gasteiger partial charge in [-0.25, -0.2) is 0 Å². The van der Waals surface area contributed by atoms with E-state index in [1.807, 2.05) is 103 Å². The van der Waals surface area contributed by atoms with E-state index >= 15 is 4.57 Å². The molecular formula is C26H19ClNOP. The first kappa shape index (κ1) is 18.9. The highest BCUT2D eigenvalue weighted by Gasteiger charge is 2.44. The molecule has 0 saturated heterocycles. The Hall–Kier alpha value is -3.06. The van der Waals surface area contributed by atoms with Crippen LogP contribution in [0.15, 0.2) is 103 Å². The highest BCUT2D eigenvalue weighted by molar-refractivity contribution is 7.88. The quantitative estimate of drug-likeness (QED) is 0.314. The molecule has 4 heteroatoms. The SMILES string of the molecule is Nc1ccccc1C1=C(c2ccccc2Cl)P(=O)(c2ccccc2)c2ccccc21. The van der Waals surface area contributed by atoms with Gasteiger partial charge in [-0.2, -0.15) is 0 Å². The van der Waals surface area contributed by atoms with Crippen LogP contribution in [0.25, 0.3) is 10.9 Å². The summed E-state index contributed by atoms with van der Waals surface area (Å²) >= 11 is 6.67. The predicted molar refractivity (Wildman–Crippen MR) is 128 cm³/mol. The molecule has 0 aromatic heterocycles. The van der Waals surface area contributed by atoms with Gasteiger partial charge in [-0.05, 0) is 17.7 Å². The van der Waals surface area contributed by atoms with Crippen molar-refractivity contribution < 1.29 is 4.57 Å². The fourth-order valence-electron chi connectivity index (χ4n) is 4.23. The van der Waals surface area contributed by atoms with Crippen molar-refractivity contribution in [3.05, 3.63) is 125 Å². The summed E-state index contributed by atoms with van der Waals surface area (Å²) in [6, 6.07) is 32.9.